The first-order valence-electron chi connectivity index (χ1n) is 7.33. The third-order valence-electron chi connectivity index (χ3n) is 3.99. The van der Waals surface area contributed by atoms with E-state index in [9.17, 15) is 5.11 Å². The summed E-state index contributed by atoms with van der Waals surface area (Å²) in [7, 11) is 1.61. The van der Waals surface area contributed by atoms with Crippen molar-refractivity contribution >= 4 is 0 Å². The fourth-order valence-corrected chi connectivity index (χ4v) is 2.65. The Bertz CT molecular complexity index is 439. The molecule has 1 fully saturated rings. The number of aliphatic hydroxyl groups is 1. The smallest absolute Gasteiger partial charge is 0.161 e. The van der Waals surface area contributed by atoms with Gasteiger partial charge in [0, 0.05) is 6.04 Å². The van der Waals surface area contributed by atoms with Crippen LogP contribution in [0.25, 0.3) is 0 Å². The van der Waals surface area contributed by atoms with Gasteiger partial charge in [-0.15, -0.1) is 0 Å². The molecule has 4 heteroatoms. The van der Waals surface area contributed by atoms with Crippen LogP contribution in [0.1, 0.15) is 50.6 Å². The van der Waals surface area contributed by atoms with E-state index in [1.54, 1.807) is 7.11 Å². The third-order valence-corrected chi connectivity index (χ3v) is 3.99. The molecule has 0 aliphatic heterocycles. The summed E-state index contributed by atoms with van der Waals surface area (Å²) in [6, 6.07) is 5.66. The maximum Gasteiger partial charge on any atom is 0.161 e. The second-order valence-electron chi connectivity index (χ2n) is 5.77. The van der Waals surface area contributed by atoms with Gasteiger partial charge in [-0.25, -0.2) is 0 Å². The maximum atomic E-state index is 10.5. The molecule has 1 aliphatic rings. The minimum Gasteiger partial charge on any atom is -0.493 e. The molecule has 1 aliphatic carbocycles. The highest BCUT2D eigenvalue weighted by molar-refractivity contribution is 5.43. The lowest BCUT2D eigenvalue weighted by Crippen LogP contribution is -2.37. The van der Waals surface area contributed by atoms with E-state index in [1.807, 2.05) is 25.1 Å². The number of rotatable bonds is 5. The zero-order valence-corrected chi connectivity index (χ0v) is 12.4. The van der Waals surface area contributed by atoms with Crippen LogP contribution in [0.2, 0.25) is 0 Å². The van der Waals surface area contributed by atoms with Crippen molar-refractivity contribution in [3.8, 4) is 11.5 Å². The molecule has 2 rings (SSSR count). The van der Waals surface area contributed by atoms with Crippen LogP contribution in [-0.4, -0.2) is 24.4 Å². The highest BCUT2D eigenvalue weighted by Gasteiger charge is 2.30. The molecule has 1 aromatic rings. The Balaban J connectivity index is 2.05. The van der Waals surface area contributed by atoms with Crippen molar-refractivity contribution in [2.24, 2.45) is 5.73 Å². The summed E-state index contributed by atoms with van der Waals surface area (Å²) in [4.78, 5) is 0. The Morgan fingerprint density at radius 2 is 1.95 bits per heavy atom. The lowest BCUT2D eigenvalue weighted by molar-refractivity contribution is -0.0343. The second-order valence-corrected chi connectivity index (χ2v) is 5.77. The van der Waals surface area contributed by atoms with E-state index in [-0.39, 0.29) is 6.04 Å². The Kier molecular flexibility index (Phi) is 4.89. The molecule has 20 heavy (non-hydrogen) atoms. The molecule has 0 radical (unpaired) electrons. The van der Waals surface area contributed by atoms with E-state index in [0.29, 0.717) is 18.1 Å². The van der Waals surface area contributed by atoms with E-state index in [1.165, 1.54) is 6.42 Å². The summed E-state index contributed by atoms with van der Waals surface area (Å²) >= 11 is 0. The predicted molar refractivity (Wildman–Crippen MR) is 79.1 cm³/mol. The largest absolute Gasteiger partial charge is 0.493 e. The number of ether oxygens (including phenoxy) is 2. The first-order chi connectivity index (χ1) is 9.54. The van der Waals surface area contributed by atoms with Crippen molar-refractivity contribution in [2.45, 2.75) is 50.7 Å². The van der Waals surface area contributed by atoms with Gasteiger partial charge in [-0.1, -0.05) is 25.3 Å². The standard InChI is InChI=1S/C16H25NO3/c1-12(17)13-6-7-14(15(10-13)19-2)20-11-16(18)8-4-3-5-9-16/h6-7,10,12,18H,3-5,8-9,11,17H2,1-2H3. The molecule has 0 saturated heterocycles. The minimum atomic E-state index is -0.691. The average molecular weight is 279 g/mol. The van der Waals surface area contributed by atoms with Crippen LogP contribution >= 0.6 is 0 Å². The van der Waals surface area contributed by atoms with Gasteiger partial charge in [0.05, 0.1) is 12.7 Å². The summed E-state index contributed by atoms with van der Waals surface area (Å²) in [5.74, 6) is 1.33. The molecule has 1 saturated carbocycles. The average Bonchev–Trinajstić information content (AvgIpc) is 2.45. The molecule has 3 N–H and O–H groups in total. The molecular weight excluding hydrogens is 254 g/mol. The first-order valence-corrected chi connectivity index (χ1v) is 7.33. The SMILES string of the molecule is COc1cc(C(C)N)ccc1OCC1(O)CCCCC1. The summed E-state index contributed by atoms with van der Waals surface area (Å²) < 4.78 is 11.1. The molecule has 0 aromatic heterocycles. The van der Waals surface area contributed by atoms with Crippen LogP contribution < -0.4 is 15.2 Å². The van der Waals surface area contributed by atoms with Gasteiger partial charge in [0.25, 0.3) is 0 Å². The molecule has 1 unspecified atom stereocenters. The van der Waals surface area contributed by atoms with Gasteiger partial charge in [0.2, 0.25) is 0 Å². The number of hydrogen-bond donors (Lipinski definition) is 2. The van der Waals surface area contributed by atoms with Gasteiger partial charge in [-0.05, 0) is 37.5 Å². The monoisotopic (exact) mass is 279 g/mol. The van der Waals surface area contributed by atoms with Crippen molar-refractivity contribution in [1.82, 2.24) is 0 Å². The lowest BCUT2D eigenvalue weighted by Gasteiger charge is -2.31. The number of nitrogens with two attached hydrogens (primary N) is 1. The maximum absolute atomic E-state index is 10.5. The molecule has 1 aromatic carbocycles. The number of methoxy groups -OCH3 is 1. The molecule has 0 amide bonds. The van der Waals surface area contributed by atoms with E-state index < -0.39 is 5.60 Å². The normalized spacial score (nSPS) is 19.4. The Labute approximate surface area is 120 Å². The molecule has 0 spiro atoms. The van der Waals surface area contributed by atoms with Crippen LogP contribution in [-0.2, 0) is 0 Å². The van der Waals surface area contributed by atoms with E-state index >= 15 is 0 Å². The lowest BCUT2D eigenvalue weighted by atomic mass is 9.85. The molecule has 0 bridgehead atoms. The van der Waals surface area contributed by atoms with Gasteiger partial charge < -0.3 is 20.3 Å². The van der Waals surface area contributed by atoms with Crippen molar-refractivity contribution < 1.29 is 14.6 Å². The summed E-state index contributed by atoms with van der Waals surface area (Å²) in [5.41, 5.74) is 6.18. The Morgan fingerprint density at radius 3 is 2.55 bits per heavy atom. The Morgan fingerprint density at radius 1 is 1.25 bits per heavy atom. The fourth-order valence-electron chi connectivity index (χ4n) is 2.65. The second kappa shape index (κ2) is 6.46. The van der Waals surface area contributed by atoms with E-state index in [2.05, 4.69) is 0 Å². The van der Waals surface area contributed by atoms with Crippen LogP contribution in [0.15, 0.2) is 18.2 Å². The van der Waals surface area contributed by atoms with Gasteiger partial charge in [-0.2, -0.15) is 0 Å². The molecule has 1 atom stereocenters. The number of benzene rings is 1. The molecular formula is C16H25NO3. The minimum absolute atomic E-state index is 0.0412. The molecule has 4 nitrogen and oxygen atoms in total. The fraction of sp³-hybridized carbons (Fsp3) is 0.625. The van der Waals surface area contributed by atoms with Crippen LogP contribution in [0, 0.1) is 0 Å². The highest BCUT2D eigenvalue weighted by Crippen LogP contribution is 2.33. The molecule has 0 heterocycles. The van der Waals surface area contributed by atoms with Gasteiger partial charge in [0.1, 0.15) is 6.61 Å². The van der Waals surface area contributed by atoms with Gasteiger partial charge in [0.15, 0.2) is 11.5 Å². The van der Waals surface area contributed by atoms with Gasteiger partial charge >= 0.3 is 0 Å². The topological polar surface area (TPSA) is 64.7 Å². The van der Waals surface area contributed by atoms with Crippen molar-refractivity contribution in [1.29, 1.82) is 0 Å². The quantitative estimate of drug-likeness (QED) is 0.870. The van der Waals surface area contributed by atoms with Crippen molar-refractivity contribution in [2.75, 3.05) is 13.7 Å². The highest BCUT2D eigenvalue weighted by atomic mass is 16.5. The predicted octanol–water partition coefficient (Wildman–Crippen LogP) is 2.79. The van der Waals surface area contributed by atoms with Crippen LogP contribution in [0.4, 0.5) is 0 Å². The zero-order chi connectivity index (χ0) is 14.6. The summed E-state index contributed by atoms with van der Waals surface area (Å²) in [6.45, 7) is 2.25. The van der Waals surface area contributed by atoms with Crippen molar-refractivity contribution in [3.63, 3.8) is 0 Å². The molecule has 112 valence electrons. The third kappa shape index (κ3) is 3.64. The van der Waals surface area contributed by atoms with E-state index in [0.717, 1.165) is 31.2 Å². The summed E-state index contributed by atoms with van der Waals surface area (Å²) in [5, 5.41) is 10.5. The van der Waals surface area contributed by atoms with Gasteiger partial charge in [-0.3, -0.25) is 0 Å². The van der Waals surface area contributed by atoms with Crippen LogP contribution in [0.5, 0.6) is 11.5 Å². The zero-order valence-electron chi connectivity index (χ0n) is 12.4. The van der Waals surface area contributed by atoms with E-state index in [4.69, 9.17) is 15.2 Å². The first kappa shape index (κ1) is 15.1. The van der Waals surface area contributed by atoms with Crippen LogP contribution in [0.3, 0.4) is 0 Å². The number of hydrogen-bond acceptors (Lipinski definition) is 4. The Hall–Kier alpha value is -1.26. The summed E-state index contributed by atoms with van der Waals surface area (Å²) in [6.07, 6.45) is 4.97. The van der Waals surface area contributed by atoms with Crippen molar-refractivity contribution in [3.05, 3.63) is 23.8 Å².